The summed E-state index contributed by atoms with van der Waals surface area (Å²) in [5.74, 6) is 0.692. The van der Waals surface area contributed by atoms with E-state index in [1.807, 2.05) is 39.0 Å². The molecule has 0 atom stereocenters. The quantitative estimate of drug-likeness (QED) is 0.560. The van der Waals surface area contributed by atoms with Crippen LogP contribution in [0.4, 0.5) is 0 Å². The Labute approximate surface area is 178 Å². The van der Waals surface area contributed by atoms with E-state index in [0.717, 1.165) is 4.90 Å². The number of aromatic nitrogens is 2. The number of halogens is 1. The molecule has 0 unspecified atom stereocenters. The Kier molecular flexibility index (Phi) is 6.02. The Hall–Kier alpha value is -2.75. The third-order valence-electron chi connectivity index (χ3n) is 3.94. The van der Waals surface area contributed by atoms with E-state index in [9.17, 15) is 10.1 Å². The molecular formula is C22H20ClN3O2S. The fourth-order valence-electron chi connectivity index (χ4n) is 2.61. The Bertz CT molecular complexity index is 1130. The van der Waals surface area contributed by atoms with Gasteiger partial charge in [-0.25, -0.2) is 0 Å². The Morgan fingerprint density at radius 1 is 1.10 bits per heavy atom. The van der Waals surface area contributed by atoms with Crippen LogP contribution in [0.5, 0.6) is 5.75 Å². The zero-order valence-electron chi connectivity index (χ0n) is 16.6. The highest BCUT2D eigenvalue weighted by atomic mass is 35.5. The second-order valence-corrected chi connectivity index (χ2v) is 8.90. The summed E-state index contributed by atoms with van der Waals surface area (Å²) in [7, 11) is 0. The second kappa shape index (κ2) is 8.32. The fourth-order valence-corrected chi connectivity index (χ4v) is 3.61. The lowest BCUT2D eigenvalue weighted by Gasteiger charge is -2.21. The van der Waals surface area contributed by atoms with Crippen LogP contribution in [0.1, 0.15) is 31.9 Å². The number of nitrogens with zero attached hydrogens (tertiary/aromatic N) is 3. The molecule has 0 aliphatic rings. The number of benzene rings is 2. The van der Waals surface area contributed by atoms with Crippen molar-refractivity contribution in [2.24, 2.45) is 0 Å². The normalized spacial score (nSPS) is 11.2. The predicted molar refractivity (Wildman–Crippen MR) is 115 cm³/mol. The maximum Gasteiger partial charge on any atom is 0.289 e. The van der Waals surface area contributed by atoms with E-state index in [4.69, 9.17) is 16.3 Å². The molecule has 7 heteroatoms. The summed E-state index contributed by atoms with van der Waals surface area (Å²) >= 11 is 7.32. The summed E-state index contributed by atoms with van der Waals surface area (Å²) in [5, 5.41) is 15.3. The predicted octanol–water partition coefficient (Wildman–Crippen LogP) is 5.39. The average molecular weight is 426 g/mol. The number of hydrogen-bond donors (Lipinski definition) is 0. The third-order valence-corrected chi connectivity index (χ3v) is 5.28. The molecule has 3 rings (SSSR count). The van der Waals surface area contributed by atoms with Crippen molar-refractivity contribution >= 4 is 23.4 Å². The van der Waals surface area contributed by atoms with Crippen molar-refractivity contribution in [1.29, 1.82) is 5.26 Å². The standard InChI is InChI=1S/C22H20ClN3O2S/c1-14-19(13-24)21(27)26(16-7-9-17(10-8-16)28-22(2,3)4)25-20(14)29-18-11-5-15(23)6-12-18/h5-12H,1-4H3. The SMILES string of the molecule is Cc1c(Sc2ccc(Cl)cc2)nn(-c2ccc(OC(C)(C)C)cc2)c(=O)c1C#N. The van der Waals surface area contributed by atoms with E-state index in [-0.39, 0.29) is 11.2 Å². The number of ether oxygens (including phenoxy) is 1. The van der Waals surface area contributed by atoms with Gasteiger partial charge in [-0.15, -0.1) is 0 Å². The summed E-state index contributed by atoms with van der Waals surface area (Å²) in [6, 6.07) is 16.4. The smallest absolute Gasteiger partial charge is 0.289 e. The van der Waals surface area contributed by atoms with Crippen LogP contribution in [0.3, 0.4) is 0 Å². The van der Waals surface area contributed by atoms with Gasteiger partial charge in [-0.1, -0.05) is 23.4 Å². The topological polar surface area (TPSA) is 67.9 Å². The summed E-state index contributed by atoms with van der Waals surface area (Å²) < 4.78 is 7.08. The summed E-state index contributed by atoms with van der Waals surface area (Å²) in [5.41, 5.74) is 0.421. The van der Waals surface area contributed by atoms with Gasteiger partial charge in [-0.05, 0) is 76.2 Å². The van der Waals surface area contributed by atoms with Crippen LogP contribution in [0.25, 0.3) is 5.69 Å². The van der Waals surface area contributed by atoms with Gasteiger partial charge in [0.25, 0.3) is 5.56 Å². The monoisotopic (exact) mass is 425 g/mol. The van der Waals surface area contributed by atoms with E-state index >= 15 is 0 Å². The van der Waals surface area contributed by atoms with E-state index < -0.39 is 5.56 Å². The van der Waals surface area contributed by atoms with E-state index in [1.54, 1.807) is 43.3 Å². The van der Waals surface area contributed by atoms with E-state index in [2.05, 4.69) is 5.10 Å². The zero-order chi connectivity index (χ0) is 21.2. The first-order valence-electron chi connectivity index (χ1n) is 8.95. The molecule has 0 amide bonds. The average Bonchev–Trinajstić information content (AvgIpc) is 2.66. The molecule has 148 valence electrons. The Morgan fingerprint density at radius 3 is 2.28 bits per heavy atom. The molecule has 2 aromatic carbocycles. The molecule has 0 saturated carbocycles. The molecule has 3 aromatic rings. The van der Waals surface area contributed by atoms with Crippen molar-refractivity contribution in [3.05, 3.63) is 75.0 Å². The van der Waals surface area contributed by atoms with Gasteiger partial charge < -0.3 is 4.74 Å². The van der Waals surface area contributed by atoms with Crippen LogP contribution in [-0.2, 0) is 0 Å². The Morgan fingerprint density at radius 2 is 1.72 bits per heavy atom. The van der Waals surface area contributed by atoms with Gasteiger partial charge in [0.15, 0.2) is 0 Å². The van der Waals surface area contributed by atoms with Crippen molar-refractivity contribution in [1.82, 2.24) is 9.78 Å². The van der Waals surface area contributed by atoms with Gasteiger partial charge in [0, 0.05) is 15.5 Å². The molecule has 0 radical (unpaired) electrons. The molecule has 0 saturated heterocycles. The van der Waals surface area contributed by atoms with Crippen molar-refractivity contribution in [3.63, 3.8) is 0 Å². The van der Waals surface area contributed by atoms with Gasteiger partial charge in [-0.2, -0.15) is 15.0 Å². The maximum atomic E-state index is 12.8. The number of rotatable bonds is 4. The first kappa shape index (κ1) is 21.0. The van der Waals surface area contributed by atoms with Gasteiger partial charge in [0.1, 0.15) is 28.0 Å². The van der Waals surface area contributed by atoms with Crippen LogP contribution in [0, 0.1) is 18.3 Å². The lowest BCUT2D eigenvalue weighted by Crippen LogP contribution is -2.26. The minimum atomic E-state index is -0.449. The molecule has 1 heterocycles. The molecule has 1 aromatic heterocycles. The Balaban J connectivity index is 2.03. The summed E-state index contributed by atoms with van der Waals surface area (Å²) in [6.07, 6.45) is 0. The third kappa shape index (κ3) is 5.00. The van der Waals surface area contributed by atoms with Gasteiger partial charge in [0.05, 0.1) is 5.69 Å². The summed E-state index contributed by atoms with van der Waals surface area (Å²) in [4.78, 5) is 13.7. The number of hydrogen-bond acceptors (Lipinski definition) is 5. The van der Waals surface area contributed by atoms with Gasteiger partial charge in [0.2, 0.25) is 0 Å². The van der Waals surface area contributed by atoms with Crippen LogP contribution in [0.2, 0.25) is 5.02 Å². The molecule has 0 aliphatic carbocycles. The van der Waals surface area contributed by atoms with Crippen LogP contribution >= 0.6 is 23.4 Å². The molecular weight excluding hydrogens is 406 g/mol. The van der Waals surface area contributed by atoms with Crippen LogP contribution < -0.4 is 10.3 Å². The van der Waals surface area contributed by atoms with Crippen molar-refractivity contribution in [2.45, 2.75) is 43.2 Å². The molecule has 29 heavy (non-hydrogen) atoms. The zero-order valence-corrected chi connectivity index (χ0v) is 18.1. The first-order valence-corrected chi connectivity index (χ1v) is 10.1. The van der Waals surface area contributed by atoms with Crippen molar-refractivity contribution in [3.8, 4) is 17.5 Å². The van der Waals surface area contributed by atoms with E-state index in [1.165, 1.54) is 16.4 Å². The largest absolute Gasteiger partial charge is 0.488 e. The molecule has 0 fully saturated rings. The fraction of sp³-hybridized carbons (Fsp3) is 0.227. The highest BCUT2D eigenvalue weighted by Gasteiger charge is 2.17. The highest BCUT2D eigenvalue weighted by molar-refractivity contribution is 7.99. The molecule has 0 bridgehead atoms. The lowest BCUT2D eigenvalue weighted by atomic mass is 10.2. The molecule has 5 nitrogen and oxygen atoms in total. The highest BCUT2D eigenvalue weighted by Crippen LogP contribution is 2.30. The minimum absolute atomic E-state index is 0.0754. The number of nitriles is 1. The molecule has 0 spiro atoms. The van der Waals surface area contributed by atoms with Crippen molar-refractivity contribution in [2.75, 3.05) is 0 Å². The van der Waals surface area contributed by atoms with Gasteiger partial charge in [-0.3, -0.25) is 4.79 Å². The van der Waals surface area contributed by atoms with Crippen molar-refractivity contribution < 1.29 is 4.74 Å². The lowest BCUT2D eigenvalue weighted by molar-refractivity contribution is 0.131. The van der Waals surface area contributed by atoms with Crippen LogP contribution in [0.15, 0.2) is 63.2 Å². The second-order valence-electron chi connectivity index (χ2n) is 7.40. The molecule has 0 N–H and O–H groups in total. The van der Waals surface area contributed by atoms with Crippen LogP contribution in [-0.4, -0.2) is 15.4 Å². The maximum absolute atomic E-state index is 12.8. The van der Waals surface area contributed by atoms with Gasteiger partial charge >= 0.3 is 0 Å². The first-order chi connectivity index (χ1) is 13.7. The summed E-state index contributed by atoms with van der Waals surface area (Å²) in [6.45, 7) is 7.63. The molecule has 0 aliphatic heterocycles. The minimum Gasteiger partial charge on any atom is -0.488 e. The van der Waals surface area contributed by atoms with E-state index in [0.29, 0.717) is 27.0 Å².